The van der Waals surface area contributed by atoms with Crippen molar-refractivity contribution < 1.29 is 9.21 Å². The van der Waals surface area contributed by atoms with Crippen LogP contribution in [0.4, 0.5) is 5.69 Å². The highest BCUT2D eigenvalue weighted by atomic mass is 79.9. The number of para-hydroxylation sites is 1. The van der Waals surface area contributed by atoms with E-state index in [9.17, 15) is 9.59 Å². The number of amides is 1. The Morgan fingerprint density at radius 1 is 1.23 bits per heavy atom. The van der Waals surface area contributed by atoms with Crippen LogP contribution in [0.1, 0.15) is 37.6 Å². The summed E-state index contributed by atoms with van der Waals surface area (Å²) >= 11 is 3.50. The number of oxazole rings is 1. The van der Waals surface area contributed by atoms with Gasteiger partial charge in [0.1, 0.15) is 5.52 Å². The Labute approximate surface area is 180 Å². The topological polar surface area (TPSA) is 92.9 Å². The molecular formula is C22H21BrN4O3. The average Bonchev–Trinajstić information content (AvgIpc) is 3.27. The lowest BCUT2D eigenvalue weighted by Crippen LogP contribution is -2.31. The molecule has 2 N–H and O–H groups in total. The van der Waals surface area contributed by atoms with E-state index in [2.05, 4.69) is 31.2 Å². The normalized spacial score (nSPS) is 19.4. The number of carbonyl (C=O) groups excluding carboxylic acids is 1. The van der Waals surface area contributed by atoms with Crippen molar-refractivity contribution in [1.29, 1.82) is 0 Å². The van der Waals surface area contributed by atoms with Crippen LogP contribution < -0.4 is 11.0 Å². The summed E-state index contributed by atoms with van der Waals surface area (Å²) in [7, 11) is 0. The van der Waals surface area contributed by atoms with Gasteiger partial charge in [-0.3, -0.25) is 9.36 Å². The molecule has 0 unspecified atom stereocenters. The van der Waals surface area contributed by atoms with Gasteiger partial charge in [0.2, 0.25) is 5.91 Å². The van der Waals surface area contributed by atoms with Gasteiger partial charge in [-0.1, -0.05) is 6.07 Å². The van der Waals surface area contributed by atoms with E-state index in [1.807, 2.05) is 41.0 Å². The van der Waals surface area contributed by atoms with Gasteiger partial charge in [0.15, 0.2) is 11.5 Å². The molecule has 0 saturated heterocycles. The molecule has 2 aromatic heterocycles. The fourth-order valence-electron chi connectivity index (χ4n) is 4.43. The number of aromatic amines is 1. The Hall–Kier alpha value is -2.87. The molecule has 5 rings (SSSR count). The molecule has 2 aromatic carbocycles. The van der Waals surface area contributed by atoms with E-state index >= 15 is 0 Å². The smallest absolute Gasteiger partial charge is 0.326 e. The summed E-state index contributed by atoms with van der Waals surface area (Å²) in [5.74, 6) is 0.547. The zero-order valence-corrected chi connectivity index (χ0v) is 18.0. The Morgan fingerprint density at radius 3 is 2.83 bits per heavy atom. The van der Waals surface area contributed by atoms with Gasteiger partial charge in [-0.25, -0.2) is 9.78 Å². The minimum absolute atomic E-state index is 0.0121. The number of nitrogens with one attached hydrogen (secondary N) is 2. The first-order valence-electron chi connectivity index (χ1n) is 10.1. The fourth-order valence-corrected chi connectivity index (χ4v) is 4.89. The lowest BCUT2D eigenvalue weighted by atomic mass is 9.85. The van der Waals surface area contributed by atoms with Gasteiger partial charge in [0.05, 0.1) is 11.0 Å². The number of benzene rings is 2. The molecule has 30 heavy (non-hydrogen) atoms. The van der Waals surface area contributed by atoms with Crippen molar-refractivity contribution in [3.05, 3.63) is 57.2 Å². The summed E-state index contributed by atoms with van der Waals surface area (Å²) in [4.78, 5) is 32.6. The van der Waals surface area contributed by atoms with Gasteiger partial charge in [-0.05, 0) is 65.9 Å². The molecule has 4 aromatic rings. The fraction of sp³-hybridized carbons (Fsp3) is 0.318. The molecule has 0 spiro atoms. The highest BCUT2D eigenvalue weighted by Crippen LogP contribution is 2.34. The standard InChI is InChI=1S/C22H21BrN4O3/c1-12-24-17-10-7-14(11-19(17)30-12)25-21(28)13-5-8-15(9-6-13)27-18-4-2-3-16(23)20(18)26-22(27)29/h2-4,7,10-11,13,15H,5-6,8-9H2,1H3,(H,25,28)(H,26,29)/t13-,15+. The molecule has 2 heterocycles. The molecule has 1 aliphatic rings. The minimum atomic E-state index is -0.0968. The molecule has 0 bridgehead atoms. The number of aryl methyl sites for hydroxylation is 1. The van der Waals surface area contributed by atoms with Crippen molar-refractivity contribution in [3.8, 4) is 0 Å². The van der Waals surface area contributed by atoms with Gasteiger partial charge < -0.3 is 14.7 Å². The number of nitrogens with zero attached hydrogens (tertiary/aromatic N) is 2. The quantitative estimate of drug-likeness (QED) is 0.446. The van der Waals surface area contributed by atoms with Crippen LogP contribution >= 0.6 is 15.9 Å². The molecule has 1 fully saturated rings. The van der Waals surface area contributed by atoms with Gasteiger partial charge >= 0.3 is 5.69 Å². The first kappa shape index (κ1) is 19.1. The number of hydrogen-bond donors (Lipinski definition) is 2. The summed E-state index contributed by atoms with van der Waals surface area (Å²) in [6, 6.07) is 11.4. The Balaban J connectivity index is 1.28. The molecule has 8 heteroatoms. The maximum Gasteiger partial charge on any atom is 0.326 e. The number of carbonyl (C=O) groups is 1. The Kier molecular flexibility index (Phi) is 4.73. The number of aromatic nitrogens is 3. The Morgan fingerprint density at radius 2 is 2.03 bits per heavy atom. The molecule has 1 saturated carbocycles. The summed E-state index contributed by atoms with van der Waals surface area (Å²) < 4.78 is 8.26. The lowest BCUT2D eigenvalue weighted by molar-refractivity contribution is -0.121. The van der Waals surface area contributed by atoms with E-state index in [4.69, 9.17) is 4.42 Å². The van der Waals surface area contributed by atoms with E-state index in [0.717, 1.165) is 46.7 Å². The molecule has 7 nitrogen and oxygen atoms in total. The average molecular weight is 469 g/mol. The minimum Gasteiger partial charge on any atom is -0.441 e. The van der Waals surface area contributed by atoms with Crippen LogP contribution in [0.25, 0.3) is 22.1 Å². The van der Waals surface area contributed by atoms with Gasteiger partial charge in [0, 0.05) is 35.1 Å². The maximum absolute atomic E-state index is 12.8. The summed E-state index contributed by atoms with van der Waals surface area (Å²) in [5.41, 5.74) is 3.78. The predicted octanol–water partition coefficient (Wildman–Crippen LogP) is 4.91. The van der Waals surface area contributed by atoms with Crippen LogP contribution in [0.3, 0.4) is 0 Å². The summed E-state index contributed by atoms with van der Waals surface area (Å²) in [5, 5.41) is 3.00. The highest BCUT2D eigenvalue weighted by Gasteiger charge is 2.29. The van der Waals surface area contributed by atoms with Crippen molar-refractivity contribution in [2.45, 2.75) is 38.6 Å². The van der Waals surface area contributed by atoms with Crippen LogP contribution in [-0.4, -0.2) is 20.4 Å². The van der Waals surface area contributed by atoms with Crippen LogP contribution in [-0.2, 0) is 4.79 Å². The molecule has 0 aliphatic heterocycles. The van der Waals surface area contributed by atoms with E-state index in [1.54, 1.807) is 6.92 Å². The Bertz CT molecular complexity index is 1310. The van der Waals surface area contributed by atoms with E-state index in [-0.39, 0.29) is 23.6 Å². The molecular weight excluding hydrogens is 448 g/mol. The number of H-pyrrole nitrogens is 1. The zero-order chi connectivity index (χ0) is 20.8. The third kappa shape index (κ3) is 3.35. The van der Waals surface area contributed by atoms with Crippen molar-refractivity contribution in [2.75, 3.05) is 5.32 Å². The second kappa shape index (κ2) is 7.43. The van der Waals surface area contributed by atoms with Gasteiger partial charge in [-0.15, -0.1) is 0 Å². The van der Waals surface area contributed by atoms with Crippen LogP contribution in [0.2, 0.25) is 0 Å². The van der Waals surface area contributed by atoms with Crippen molar-refractivity contribution in [1.82, 2.24) is 14.5 Å². The van der Waals surface area contributed by atoms with E-state index in [0.29, 0.717) is 17.2 Å². The number of imidazole rings is 1. The first-order valence-corrected chi connectivity index (χ1v) is 10.9. The number of hydrogen-bond acceptors (Lipinski definition) is 4. The van der Waals surface area contributed by atoms with Crippen LogP contribution in [0, 0.1) is 12.8 Å². The third-order valence-corrected chi connectivity index (χ3v) is 6.56. The van der Waals surface area contributed by atoms with Crippen LogP contribution in [0.15, 0.2) is 50.1 Å². The molecule has 154 valence electrons. The number of rotatable bonds is 3. The maximum atomic E-state index is 12.8. The predicted molar refractivity (Wildman–Crippen MR) is 119 cm³/mol. The van der Waals surface area contributed by atoms with Gasteiger partial charge in [-0.2, -0.15) is 0 Å². The van der Waals surface area contributed by atoms with E-state index < -0.39 is 0 Å². The molecule has 1 aliphatic carbocycles. The number of fused-ring (bicyclic) bond motifs is 2. The lowest BCUT2D eigenvalue weighted by Gasteiger charge is -2.28. The largest absolute Gasteiger partial charge is 0.441 e. The second-order valence-electron chi connectivity index (χ2n) is 7.84. The first-order chi connectivity index (χ1) is 14.5. The summed E-state index contributed by atoms with van der Waals surface area (Å²) in [6.45, 7) is 1.80. The van der Waals surface area contributed by atoms with E-state index in [1.165, 1.54) is 0 Å². The number of halogens is 1. The second-order valence-corrected chi connectivity index (χ2v) is 8.70. The van der Waals surface area contributed by atoms with Crippen molar-refractivity contribution in [2.24, 2.45) is 5.92 Å². The molecule has 0 atom stereocenters. The van der Waals surface area contributed by atoms with Crippen LogP contribution in [0.5, 0.6) is 0 Å². The monoisotopic (exact) mass is 468 g/mol. The number of anilines is 1. The highest BCUT2D eigenvalue weighted by molar-refractivity contribution is 9.10. The van der Waals surface area contributed by atoms with Crippen molar-refractivity contribution in [3.63, 3.8) is 0 Å². The third-order valence-electron chi connectivity index (χ3n) is 5.90. The molecule has 0 radical (unpaired) electrons. The zero-order valence-electron chi connectivity index (χ0n) is 16.4. The summed E-state index contributed by atoms with van der Waals surface area (Å²) in [6.07, 6.45) is 3.07. The SMILES string of the molecule is Cc1nc2ccc(NC(=O)[C@H]3CC[C@@H](n4c(=O)[nH]c5c(Br)cccc54)CC3)cc2o1. The molecule has 1 amide bonds. The van der Waals surface area contributed by atoms with Crippen molar-refractivity contribution >= 4 is 49.7 Å². The van der Waals surface area contributed by atoms with Gasteiger partial charge in [0.25, 0.3) is 0 Å².